The molecule has 0 amide bonds. The normalized spacial score (nSPS) is 10.4. The molecule has 0 aliphatic heterocycles. The third-order valence-electron chi connectivity index (χ3n) is 2.63. The van der Waals surface area contributed by atoms with Crippen LogP contribution < -0.4 is 15.2 Å². The quantitative estimate of drug-likeness (QED) is 0.927. The molecule has 2 aromatic rings. The molecule has 0 saturated carbocycles. The van der Waals surface area contributed by atoms with Crippen LogP contribution >= 0.6 is 11.6 Å². The summed E-state index contributed by atoms with van der Waals surface area (Å²) in [4.78, 5) is 0. The number of rotatable bonds is 3. The Bertz CT molecular complexity index is 581. The monoisotopic (exact) mass is 268 g/mol. The number of nitrogens with two attached hydrogens (primary N) is 1. The van der Waals surface area contributed by atoms with Gasteiger partial charge >= 0.3 is 0 Å². The van der Waals surface area contributed by atoms with Crippen LogP contribution in [0.3, 0.4) is 0 Å². The number of hydrogen-bond donors (Lipinski definition) is 1. The van der Waals surface area contributed by atoms with E-state index < -0.39 is 0 Å². The molecule has 6 heteroatoms. The Hall–Kier alpha value is -1.88. The zero-order chi connectivity index (χ0) is 13.3. The molecule has 0 unspecified atom stereocenters. The average Bonchev–Trinajstić information content (AvgIpc) is 2.75. The van der Waals surface area contributed by atoms with Gasteiger partial charge in [-0.1, -0.05) is 16.8 Å². The molecule has 0 aliphatic rings. The topological polar surface area (TPSA) is 70.5 Å². The lowest BCUT2D eigenvalue weighted by molar-refractivity contribution is 0.389. The summed E-state index contributed by atoms with van der Waals surface area (Å²) < 4.78 is 15.5. The number of methoxy groups -OCH3 is 2. The molecule has 0 bridgehead atoms. The van der Waals surface area contributed by atoms with Crippen LogP contribution in [0.1, 0.15) is 5.56 Å². The average molecular weight is 269 g/mol. The molecular weight excluding hydrogens is 256 g/mol. The maximum absolute atomic E-state index is 6.15. The van der Waals surface area contributed by atoms with E-state index in [4.69, 9.17) is 31.3 Å². The summed E-state index contributed by atoms with van der Waals surface area (Å²) in [5.74, 6) is 1.44. The smallest absolute Gasteiger partial charge is 0.222 e. The third kappa shape index (κ3) is 1.97. The first kappa shape index (κ1) is 12.6. The molecule has 96 valence electrons. The summed E-state index contributed by atoms with van der Waals surface area (Å²) in [6.45, 7) is 1.86. The summed E-state index contributed by atoms with van der Waals surface area (Å²) in [5, 5.41) is 4.33. The first-order valence-corrected chi connectivity index (χ1v) is 5.60. The number of benzene rings is 1. The number of aromatic nitrogens is 1. The summed E-state index contributed by atoms with van der Waals surface area (Å²) >= 11 is 6.15. The first-order chi connectivity index (χ1) is 8.58. The molecule has 1 aromatic carbocycles. The molecule has 5 nitrogen and oxygen atoms in total. The van der Waals surface area contributed by atoms with Gasteiger partial charge in [-0.3, -0.25) is 0 Å². The highest BCUT2D eigenvalue weighted by atomic mass is 35.5. The Morgan fingerprint density at radius 3 is 2.39 bits per heavy atom. The number of nitrogens with zero attached hydrogens (tertiary/aromatic N) is 1. The van der Waals surface area contributed by atoms with Crippen molar-refractivity contribution in [3.05, 3.63) is 22.7 Å². The molecule has 2 N–H and O–H groups in total. The van der Waals surface area contributed by atoms with Crippen LogP contribution in [0.25, 0.3) is 11.3 Å². The minimum Gasteiger partial charge on any atom is -0.496 e. The Kier molecular flexibility index (Phi) is 3.34. The highest BCUT2D eigenvalue weighted by Gasteiger charge is 2.19. The second-order valence-electron chi connectivity index (χ2n) is 3.71. The molecule has 18 heavy (non-hydrogen) atoms. The lowest BCUT2D eigenvalue weighted by Gasteiger charge is -2.14. The van der Waals surface area contributed by atoms with Gasteiger partial charge in [0, 0.05) is 17.2 Å². The molecule has 0 spiro atoms. The standard InChI is InChI=1S/C12H13ClN2O3/c1-6-11(16-2)7(4-8(13)12(6)17-3)9-5-10(14)18-15-9/h4-5H,14H2,1-3H3. The zero-order valence-corrected chi connectivity index (χ0v) is 11.0. The van der Waals surface area contributed by atoms with Crippen molar-refractivity contribution in [2.45, 2.75) is 6.92 Å². The van der Waals surface area contributed by atoms with Gasteiger partial charge in [0.05, 0.1) is 19.2 Å². The van der Waals surface area contributed by atoms with Crippen LogP contribution in [0.2, 0.25) is 5.02 Å². The van der Waals surface area contributed by atoms with Crippen LogP contribution in [0.15, 0.2) is 16.7 Å². The number of nitrogen functional groups attached to an aromatic ring is 1. The van der Waals surface area contributed by atoms with E-state index in [1.807, 2.05) is 6.92 Å². The van der Waals surface area contributed by atoms with Crippen molar-refractivity contribution >= 4 is 17.5 Å². The van der Waals surface area contributed by atoms with Gasteiger partial charge in [-0.2, -0.15) is 0 Å². The van der Waals surface area contributed by atoms with Gasteiger partial charge in [-0.25, -0.2) is 0 Å². The Morgan fingerprint density at radius 2 is 1.89 bits per heavy atom. The Balaban J connectivity index is 2.68. The molecule has 0 radical (unpaired) electrons. The third-order valence-corrected chi connectivity index (χ3v) is 2.91. The highest BCUT2D eigenvalue weighted by molar-refractivity contribution is 6.32. The van der Waals surface area contributed by atoms with Crippen molar-refractivity contribution in [1.29, 1.82) is 0 Å². The van der Waals surface area contributed by atoms with E-state index >= 15 is 0 Å². The lowest BCUT2D eigenvalue weighted by atomic mass is 10.1. The van der Waals surface area contributed by atoms with E-state index in [1.54, 1.807) is 26.4 Å². The molecule has 1 heterocycles. The fraction of sp³-hybridized carbons (Fsp3) is 0.250. The van der Waals surface area contributed by atoms with Crippen LogP contribution in [0, 0.1) is 6.92 Å². The van der Waals surface area contributed by atoms with Gasteiger partial charge in [-0.15, -0.1) is 0 Å². The number of hydrogen-bond acceptors (Lipinski definition) is 5. The Labute approximate surface area is 109 Å². The molecule has 0 saturated heterocycles. The molecule has 2 rings (SSSR count). The molecular formula is C12H13ClN2O3. The first-order valence-electron chi connectivity index (χ1n) is 5.22. The predicted octanol–water partition coefficient (Wildman–Crippen LogP) is 2.90. The fourth-order valence-corrected chi connectivity index (χ4v) is 2.19. The SMILES string of the molecule is COc1c(Cl)cc(-c2cc(N)on2)c(OC)c1C. The largest absolute Gasteiger partial charge is 0.496 e. The number of anilines is 1. The van der Waals surface area contributed by atoms with Gasteiger partial charge in [0.25, 0.3) is 0 Å². The van der Waals surface area contributed by atoms with Gasteiger partial charge in [0.1, 0.15) is 17.2 Å². The van der Waals surface area contributed by atoms with Gasteiger partial charge in [-0.05, 0) is 13.0 Å². The molecule has 1 aromatic heterocycles. The maximum atomic E-state index is 6.15. The van der Waals surface area contributed by atoms with Crippen LogP contribution in [0.5, 0.6) is 11.5 Å². The van der Waals surface area contributed by atoms with E-state index in [1.165, 1.54) is 0 Å². The van der Waals surface area contributed by atoms with Gasteiger partial charge < -0.3 is 19.7 Å². The minimum atomic E-state index is 0.233. The summed E-state index contributed by atoms with van der Waals surface area (Å²) in [7, 11) is 3.13. The second kappa shape index (κ2) is 4.78. The highest BCUT2D eigenvalue weighted by Crippen LogP contribution is 2.42. The van der Waals surface area contributed by atoms with E-state index in [2.05, 4.69) is 5.16 Å². The van der Waals surface area contributed by atoms with Gasteiger partial charge in [0.2, 0.25) is 5.88 Å². The lowest BCUT2D eigenvalue weighted by Crippen LogP contribution is -1.96. The summed E-state index contributed by atoms with van der Waals surface area (Å²) in [6, 6.07) is 3.32. The van der Waals surface area contributed by atoms with Crippen molar-refractivity contribution in [3.8, 4) is 22.8 Å². The minimum absolute atomic E-state index is 0.233. The van der Waals surface area contributed by atoms with Crippen LogP contribution in [-0.2, 0) is 0 Å². The number of halogens is 1. The molecule has 0 atom stereocenters. The van der Waals surface area contributed by atoms with Gasteiger partial charge in [0.15, 0.2) is 0 Å². The fourth-order valence-electron chi connectivity index (χ4n) is 1.86. The van der Waals surface area contributed by atoms with Crippen molar-refractivity contribution in [1.82, 2.24) is 5.16 Å². The number of ether oxygens (including phenoxy) is 2. The van der Waals surface area contributed by atoms with Crippen molar-refractivity contribution in [3.63, 3.8) is 0 Å². The van der Waals surface area contributed by atoms with E-state index in [-0.39, 0.29) is 5.88 Å². The van der Waals surface area contributed by atoms with Crippen molar-refractivity contribution in [2.75, 3.05) is 20.0 Å². The summed E-state index contributed by atoms with van der Waals surface area (Å²) in [5.41, 5.74) is 7.58. The molecule has 0 aliphatic carbocycles. The summed E-state index contributed by atoms with van der Waals surface area (Å²) in [6.07, 6.45) is 0. The van der Waals surface area contributed by atoms with E-state index in [0.717, 1.165) is 5.56 Å². The van der Waals surface area contributed by atoms with E-state index in [0.29, 0.717) is 27.8 Å². The van der Waals surface area contributed by atoms with Crippen LogP contribution in [0.4, 0.5) is 5.88 Å². The van der Waals surface area contributed by atoms with E-state index in [9.17, 15) is 0 Å². The molecule has 0 fully saturated rings. The van der Waals surface area contributed by atoms with Crippen LogP contribution in [-0.4, -0.2) is 19.4 Å². The predicted molar refractivity (Wildman–Crippen MR) is 69.2 cm³/mol. The maximum Gasteiger partial charge on any atom is 0.222 e. The Morgan fingerprint density at radius 1 is 1.22 bits per heavy atom. The second-order valence-corrected chi connectivity index (χ2v) is 4.12. The van der Waals surface area contributed by atoms with Crippen molar-refractivity contribution < 1.29 is 14.0 Å². The van der Waals surface area contributed by atoms with Crippen molar-refractivity contribution in [2.24, 2.45) is 0 Å². The zero-order valence-electron chi connectivity index (χ0n) is 10.3.